The number of phenolic OH excluding ortho intramolecular Hbond substituents is 2. The summed E-state index contributed by atoms with van der Waals surface area (Å²) < 4.78 is 21.9. The van der Waals surface area contributed by atoms with Crippen LogP contribution in [0.5, 0.6) is 23.0 Å². The third-order valence-corrected chi connectivity index (χ3v) is 3.96. The van der Waals surface area contributed by atoms with Crippen LogP contribution in [0.25, 0.3) is 22.3 Å². The van der Waals surface area contributed by atoms with E-state index >= 15 is 0 Å². The Morgan fingerprint density at radius 2 is 1.80 bits per heavy atom. The second kappa shape index (κ2) is 6.45. The average molecular weight is 361 g/mol. The van der Waals surface area contributed by atoms with E-state index in [1.807, 2.05) is 0 Å². The van der Waals surface area contributed by atoms with Gasteiger partial charge >= 0.3 is 7.80 Å². The fourth-order valence-corrected chi connectivity index (χ4v) is 2.67. The number of hydrogen-bond donors (Lipinski definition) is 3. The van der Waals surface area contributed by atoms with Gasteiger partial charge in [-0.05, 0) is 24.3 Å². The van der Waals surface area contributed by atoms with E-state index in [-0.39, 0.29) is 28.8 Å². The lowest BCUT2D eigenvalue weighted by atomic mass is 10.1. The number of ether oxygens (including phenoxy) is 1. The number of phenols is 2. The van der Waals surface area contributed by atoms with Crippen LogP contribution in [-0.4, -0.2) is 28.3 Å². The minimum Gasteiger partial charge on any atom is -0.508 e. The summed E-state index contributed by atoms with van der Waals surface area (Å²) in [5, 5.41) is 29.3. The Labute approximate surface area is 142 Å². The van der Waals surface area contributed by atoms with Crippen molar-refractivity contribution in [1.29, 1.82) is 0 Å². The normalized spacial score (nSPS) is 11.5. The van der Waals surface area contributed by atoms with Gasteiger partial charge in [-0.25, -0.2) is 0 Å². The SMILES string of the molecule is C[P+](=O)COc1ccc(-c2oc3cc(O)cc(O)c3c(=O)c2O)cc1. The van der Waals surface area contributed by atoms with Gasteiger partial charge in [0.2, 0.25) is 11.2 Å². The van der Waals surface area contributed by atoms with Gasteiger partial charge < -0.3 is 24.5 Å². The monoisotopic (exact) mass is 361 g/mol. The van der Waals surface area contributed by atoms with Crippen LogP contribution in [0.1, 0.15) is 0 Å². The molecule has 3 aromatic rings. The Bertz CT molecular complexity index is 1020. The van der Waals surface area contributed by atoms with E-state index in [0.29, 0.717) is 11.3 Å². The smallest absolute Gasteiger partial charge is 0.376 e. The zero-order chi connectivity index (χ0) is 18.1. The average Bonchev–Trinajstić information content (AvgIpc) is 2.56. The highest BCUT2D eigenvalue weighted by Gasteiger charge is 2.18. The molecule has 0 saturated carbocycles. The van der Waals surface area contributed by atoms with Crippen LogP contribution in [0, 0.1) is 0 Å². The highest BCUT2D eigenvalue weighted by molar-refractivity contribution is 7.43. The zero-order valence-corrected chi connectivity index (χ0v) is 14.0. The largest absolute Gasteiger partial charge is 0.508 e. The predicted molar refractivity (Wildman–Crippen MR) is 91.9 cm³/mol. The van der Waals surface area contributed by atoms with E-state index in [9.17, 15) is 24.7 Å². The first kappa shape index (κ1) is 16.8. The molecular weight excluding hydrogens is 347 g/mol. The Hall–Kier alpha value is -3.05. The van der Waals surface area contributed by atoms with Crippen LogP contribution < -0.4 is 10.2 Å². The van der Waals surface area contributed by atoms with Crippen molar-refractivity contribution in [3.63, 3.8) is 0 Å². The molecule has 1 unspecified atom stereocenters. The Morgan fingerprint density at radius 1 is 1.12 bits per heavy atom. The van der Waals surface area contributed by atoms with Gasteiger partial charge in [-0.2, -0.15) is 0 Å². The first-order valence-corrected chi connectivity index (χ1v) is 9.09. The molecule has 1 atom stereocenters. The lowest BCUT2D eigenvalue weighted by Gasteiger charge is -2.08. The molecule has 0 spiro atoms. The number of benzene rings is 2. The molecule has 0 amide bonds. The molecule has 7 nitrogen and oxygen atoms in total. The summed E-state index contributed by atoms with van der Waals surface area (Å²) in [6, 6.07) is 8.45. The highest BCUT2D eigenvalue weighted by Crippen LogP contribution is 2.35. The molecule has 0 fully saturated rings. The quantitative estimate of drug-likeness (QED) is 0.610. The first-order valence-electron chi connectivity index (χ1n) is 7.20. The molecule has 0 aliphatic rings. The van der Waals surface area contributed by atoms with Crippen molar-refractivity contribution in [3.8, 4) is 34.3 Å². The fourth-order valence-electron chi connectivity index (χ4n) is 2.34. The number of rotatable bonds is 4. The molecule has 128 valence electrons. The third-order valence-electron chi connectivity index (χ3n) is 3.46. The molecule has 0 saturated heterocycles. The van der Waals surface area contributed by atoms with Gasteiger partial charge in [0.15, 0.2) is 5.76 Å². The highest BCUT2D eigenvalue weighted by atomic mass is 31.1. The molecule has 1 heterocycles. The zero-order valence-electron chi connectivity index (χ0n) is 13.1. The van der Waals surface area contributed by atoms with Crippen LogP contribution in [0.3, 0.4) is 0 Å². The van der Waals surface area contributed by atoms with Crippen molar-refractivity contribution in [2.75, 3.05) is 13.0 Å². The summed E-state index contributed by atoms with van der Waals surface area (Å²) >= 11 is 0. The predicted octanol–water partition coefficient (Wildman–Crippen LogP) is 3.37. The van der Waals surface area contributed by atoms with Gasteiger partial charge in [-0.1, -0.05) is 4.57 Å². The van der Waals surface area contributed by atoms with Gasteiger partial charge in [0.25, 0.3) is 6.35 Å². The summed E-state index contributed by atoms with van der Waals surface area (Å²) in [6.45, 7) is 1.55. The van der Waals surface area contributed by atoms with Crippen LogP contribution in [-0.2, 0) is 4.57 Å². The van der Waals surface area contributed by atoms with Crippen molar-refractivity contribution < 1.29 is 29.0 Å². The lowest BCUT2D eigenvalue weighted by Crippen LogP contribution is -2.03. The molecule has 0 bridgehead atoms. The van der Waals surface area contributed by atoms with E-state index in [4.69, 9.17) is 9.15 Å². The number of aromatic hydroxyl groups is 3. The summed E-state index contributed by atoms with van der Waals surface area (Å²) in [4.78, 5) is 12.3. The van der Waals surface area contributed by atoms with Gasteiger partial charge in [0.1, 0.15) is 34.9 Å². The van der Waals surface area contributed by atoms with Crippen molar-refractivity contribution in [2.24, 2.45) is 0 Å². The third kappa shape index (κ3) is 3.27. The minimum atomic E-state index is -1.43. The summed E-state index contributed by atoms with van der Waals surface area (Å²) in [7, 11) is -1.43. The minimum absolute atomic E-state index is 0.0568. The number of hydrogen-bond acceptors (Lipinski definition) is 7. The maximum atomic E-state index is 12.3. The Balaban J connectivity index is 2.08. The standard InChI is InChI=1S/C17H13O7P/c1-25(22)8-23-11-4-2-9(3-5-11)17-16(21)15(20)14-12(19)6-10(18)7-13(14)24-17/h2-7H,8H2,1H3,(H2-,18,19,20,21)/p+1. The van der Waals surface area contributed by atoms with Crippen molar-refractivity contribution in [2.45, 2.75) is 0 Å². The molecule has 8 heteroatoms. The fraction of sp³-hybridized carbons (Fsp3) is 0.118. The molecule has 0 radical (unpaired) electrons. The van der Waals surface area contributed by atoms with Crippen molar-refractivity contribution in [3.05, 3.63) is 46.6 Å². The maximum absolute atomic E-state index is 12.3. The summed E-state index contributed by atoms with van der Waals surface area (Å²) in [6.07, 6.45) is 0.0868. The molecule has 2 aromatic carbocycles. The van der Waals surface area contributed by atoms with Gasteiger partial charge in [-0.15, -0.1) is 0 Å². The van der Waals surface area contributed by atoms with Gasteiger partial charge in [0.05, 0.1) is 0 Å². The van der Waals surface area contributed by atoms with Crippen molar-refractivity contribution in [1.82, 2.24) is 0 Å². The molecule has 1 aromatic heterocycles. The molecule has 0 aliphatic heterocycles. The van der Waals surface area contributed by atoms with E-state index in [0.717, 1.165) is 6.07 Å². The summed E-state index contributed by atoms with van der Waals surface area (Å²) in [5.41, 5.74) is -0.469. The first-order chi connectivity index (χ1) is 11.9. The Morgan fingerprint density at radius 3 is 2.44 bits per heavy atom. The van der Waals surface area contributed by atoms with Crippen LogP contribution >= 0.6 is 7.80 Å². The van der Waals surface area contributed by atoms with Crippen LogP contribution in [0.15, 0.2) is 45.6 Å². The molecule has 0 aliphatic carbocycles. The van der Waals surface area contributed by atoms with E-state index in [1.54, 1.807) is 30.9 Å². The molecule has 25 heavy (non-hydrogen) atoms. The second-order valence-electron chi connectivity index (χ2n) is 5.37. The lowest BCUT2D eigenvalue weighted by molar-refractivity contribution is 0.381. The van der Waals surface area contributed by atoms with E-state index < -0.39 is 24.7 Å². The molecule has 3 N–H and O–H groups in total. The molecule has 3 rings (SSSR count). The van der Waals surface area contributed by atoms with Gasteiger partial charge in [-0.3, -0.25) is 4.79 Å². The summed E-state index contributed by atoms with van der Waals surface area (Å²) in [5.74, 6) is -1.04. The topological polar surface area (TPSA) is 117 Å². The van der Waals surface area contributed by atoms with Gasteiger partial charge in [0, 0.05) is 17.7 Å². The van der Waals surface area contributed by atoms with E-state index in [2.05, 4.69) is 0 Å². The van der Waals surface area contributed by atoms with Crippen LogP contribution in [0.4, 0.5) is 0 Å². The van der Waals surface area contributed by atoms with E-state index in [1.165, 1.54) is 6.07 Å². The maximum Gasteiger partial charge on any atom is 0.376 e. The van der Waals surface area contributed by atoms with Crippen LogP contribution in [0.2, 0.25) is 0 Å². The second-order valence-corrected chi connectivity index (χ2v) is 6.89. The molecular formula is C17H14O7P+. The number of fused-ring (bicyclic) bond motifs is 1. The Kier molecular flexibility index (Phi) is 4.33. The van der Waals surface area contributed by atoms with Crippen molar-refractivity contribution >= 4 is 18.8 Å².